The zero-order valence-electron chi connectivity index (χ0n) is 16.8. The Kier molecular flexibility index (Phi) is 10.5. The third-order valence-corrected chi connectivity index (χ3v) is 4.74. The second kappa shape index (κ2) is 12.0. The molecular formula is C20H32IN3O3. The van der Waals surface area contributed by atoms with Crippen molar-refractivity contribution in [2.45, 2.75) is 33.1 Å². The van der Waals surface area contributed by atoms with Crippen LogP contribution < -0.4 is 10.1 Å². The first-order chi connectivity index (χ1) is 12.6. The molecule has 0 radical (unpaired) electrons. The van der Waals surface area contributed by atoms with E-state index in [9.17, 15) is 4.79 Å². The van der Waals surface area contributed by atoms with Gasteiger partial charge in [-0.1, -0.05) is 17.7 Å². The van der Waals surface area contributed by atoms with E-state index in [4.69, 9.17) is 9.47 Å². The maximum Gasteiger partial charge on any atom is 0.309 e. The molecule has 0 saturated carbocycles. The Labute approximate surface area is 179 Å². The Morgan fingerprint density at radius 1 is 1.33 bits per heavy atom. The molecule has 7 heteroatoms. The van der Waals surface area contributed by atoms with Gasteiger partial charge in [-0.25, -0.2) is 0 Å². The number of halogens is 1. The zero-order valence-corrected chi connectivity index (χ0v) is 19.1. The predicted molar refractivity (Wildman–Crippen MR) is 119 cm³/mol. The summed E-state index contributed by atoms with van der Waals surface area (Å²) in [4.78, 5) is 18.5. The first-order valence-corrected chi connectivity index (χ1v) is 9.34. The van der Waals surface area contributed by atoms with Gasteiger partial charge in [0.1, 0.15) is 5.75 Å². The number of methoxy groups -OCH3 is 1. The maximum atomic E-state index is 11.9. The van der Waals surface area contributed by atoms with Gasteiger partial charge in [0.25, 0.3) is 0 Å². The fourth-order valence-electron chi connectivity index (χ4n) is 3.33. The predicted octanol–water partition coefficient (Wildman–Crippen LogP) is 3.01. The molecule has 0 spiro atoms. The van der Waals surface area contributed by atoms with E-state index in [2.05, 4.69) is 34.3 Å². The van der Waals surface area contributed by atoms with E-state index >= 15 is 0 Å². The molecule has 1 aromatic rings. The van der Waals surface area contributed by atoms with E-state index in [1.54, 1.807) is 14.2 Å². The molecule has 2 rings (SSSR count). The normalized spacial score (nSPS) is 15.1. The number of nitrogens with one attached hydrogen (secondary N) is 1. The van der Waals surface area contributed by atoms with Crippen molar-refractivity contribution in [3.05, 3.63) is 29.3 Å². The smallest absolute Gasteiger partial charge is 0.309 e. The van der Waals surface area contributed by atoms with Gasteiger partial charge in [-0.2, -0.15) is 0 Å². The number of nitrogens with zero attached hydrogens (tertiary/aromatic N) is 2. The molecule has 6 nitrogen and oxygen atoms in total. The number of rotatable bonds is 6. The van der Waals surface area contributed by atoms with Crippen LogP contribution in [0.2, 0.25) is 0 Å². The average Bonchev–Trinajstić information content (AvgIpc) is 2.66. The molecule has 1 heterocycles. The van der Waals surface area contributed by atoms with Crippen molar-refractivity contribution in [3.63, 3.8) is 0 Å². The minimum absolute atomic E-state index is 0. The SMILES string of the molecule is CCOC(=O)C1CCN(C(=NC)NCCc2cc(C)ccc2OC)CC1.I. The minimum Gasteiger partial charge on any atom is -0.496 e. The molecule has 0 unspecified atom stereocenters. The Bertz CT molecular complexity index is 629. The van der Waals surface area contributed by atoms with Gasteiger partial charge in [0.15, 0.2) is 5.96 Å². The monoisotopic (exact) mass is 489 g/mol. The van der Waals surface area contributed by atoms with E-state index in [1.165, 1.54) is 11.1 Å². The molecule has 1 N–H and O–H groups in total. The highest BCUT2D eigenvalue weighted by Gasteiger charge is 2.27. The molecule has 0 atom stereocenters. The van der Waals surface area contributed by atoms with Crippen molar-refractivity contribution >= 4 is 35.9 Å². The summed E-state index contributed by atoms with van der Waals surface area (Å²) in [6, 6.07) is 6.23. The topological polar surface area (TPSA) is 63.2 Å². The third-order valence-electron chi connectivity index (χ3n) is 4.74. The van der Waals surface area contributed by atoms with Crippen molar-refractivity contribution in [2.75, 3.05) is 40.4 Å². The van der Waals surface area contributed by atoms with Gasteiger partial charge in [0.2, 0.25) is 0 Å². The zero-order chi connectivity index (χ0) is 18.9. The summed E-state index contributed by atoms with van der Waals surface area (Å²) < 4.78 is 10.6. The third kappa shape index (κ3) is 6.86. The van der Waals surface area contributed by atoms with Gasteiger partial charge in [0, 0.05) is 26.7 Å². The fourth-order valence-corrected chi connectivity index (χ4v) is 3.33. The van der Waals surface area contributed by atoms with Crippen LogP contribution in [-0.4, -0.2) is 57.2 Å². The number of benzene rings is 1. The largest absolute Gasteiger partial charge is 0.496 e. The number of hydrogen-bond donors (Lipinski definition) is 1. The van der Waals surface area contributed by atoms with Crippen molar-refractivity contribution in [1.29, 1.82) is 0 Å². The standard InChI is InChI=1S/C20H31N3O3.HI/c1-5-26-19(24)16-9-12-23(13-10-16)20(21-3)22-11-8-17-14-15(2)6-7-18(17)25-4;/h6-7,14,16H,5,8-13H2,1-4H3,(H,21,22);1H. The second-order valence-corrected chi connectivity index (χ2v) is 6.55. The van der Waals surface area contributed by atoms with Crippen LogP contribution in [0, 0.1) is 12.8 Å². The molecule has 0 aliphatic carbocycles. The van der Waals surface area contributed by atoms with E-state index in [0.717, 1.165) is 50.6 Å². The number of piperidine rings is 1. The Morgan fingerprint density at radius 3 is 2.63 bits per heavy atom. The van der Waals surface area contributed by atoms with Gasteiger partial charge < -0.3 is 19.7 Å². The number of aryl methyl sites for hydroxylation is 1. The fraction of sp³-hybridized carbons (Fsp3) is 0.600. The summed E-state index contributed by atoms with van der Waals surface area (Å²) in [5, 5.41) is 3.43. The van der Waals surface area contributed by atoms with Crippen LogP contribution in [0.4, 0.5) is 0 Å². The lowest BCUT2D eigenvalue weighted by atomic mass is 9.97. The lowest BCUT2D eigenvalue weighted by Gasteiger charge is -2.33. The summed E-state index contributed by atoms with van der Waals surface area (Å²) in [5.74, 6) is 1.75. The summed E-state index contributed by atoms with van der Waals surface area (Å²) in [5.41, 5.74) is 2.42. The summed E-state index contributed by atoms with van der Waals surface area (Å²) in [6.45, 7) is 6.80. The van der Waals surface area contributed by atoms with Crippen LogP contribution in [0.1, 0.15) is 30.9 Å². The van der Waals surface area contributed by atoms with Crippen LogP contribution >= 0.6 is 24.0 Å². The highest BCUT2D eigenvalue weighted by Crippen LogP contribution is 2.20. The minimum atomic E-state index is -0.0679. The van der Waals surface area contributed by atoms with Crippen LogP contribution in [0.3, 0.4) is 0 Å². The molecule has 1 fully saturated rings. The molecule has 0 amide bonds. The Morgan fingerprint density at radius 2 is 2.04 bits per heavy atom. The highest BCUT2D eigenvalue weighted by molar-refractivity contribution is 14.0. The lowest BCUT2D eigenvalue weighted by Crippen LogP contribution is -2.47. The molecule has 0 bridgehead atoms. The highest BCUT2D eigenvalue weighted by atomic mass is 127. The van der Waals surface area contributed by atoms with Crippen LogP contribution in [0.25, 0.3) is 0 Å². The van der Waals surface area contributed by atoms with Crippen molar-refractivity contribution in [2.24, 2.45) is 10.9 Å². The van der Waals surface area contributed by atoms with E-state index in [-0.39, 0.29) is 35.9 Å². The number of ether oxygens (including phenoxy) is 2. The van der Waals surface area contributed by atoms with Crippen molar-refractivity contribution < 1.29 is 14.3 Å². The van der Waals surface area contributed by atoms with Gasteiger partial charge >= 0.3 is 5.97 Å². The molecule has 1 aromatic carbocycles. The quantitative estimate of drug-likeness (QED) is 0.288. The molecule has 1 aliphatic heterocycles. The van der Waals surface area contributed by atoms with Gasteiger partial charge in [0.05, 0.1) is 19.6 Å². The average molecular weight is 489 g/mol. The molecule has 27 heavy (non-hydrogen) atoms. The molecule has 1 aliphatic rings. The summed E-state index contributed by atoms with van der Waals surface area (Å²) in [7, 11) is 3.50. The van der Waals surface area contributed by atoms with Crippen LogP contribution in [-0.2, 0) is 16.0 Å². The molecule has 1 saturated heterocycles. The number of carbonyl (C=O) groups is 1. The Hall–Kier alpha value is -1.51. The number of aliphatic imine (C=N–C) groups is 1. The number of esters is 1. The summed E-state index contributed by atoms with van der Waals surface area (Å²) >= 11 is 0. The number of likely N-dealkylation sites (tertiary alicyclic amines) is 1. The van der Waals surface area contributed by atoms with Crippen molar-refractivity contribution in [3.8, 4) is 5.75 Å². The lowest BCUT2D eigenvalue weighted by molar-refractivity contribution is -0.149. The van der Waals surface area contributed by atoms with E-state index in [0.29, 0.717) is 6.61 Å². The summed E-state index contributed by atoms with van der Waals surface area (Å²) in [6.07, 6.45) is 2.49. The van der Waals surface area contributed by atoms with Gasteiger partial charge in [-0.05, 0) is 44.7 Å². The van der Waals surface area contributed by atoms with Crippen molar-refractivity contribution in [1.82, 2.24) is 10.2 Å². The van der Waals surface area contributed by atoms with E-state index < -0.39 is 0 Å². The van der Waals surface area contributed by atoms with Crippen LogP contribution in [0.15, 0.2) is 23.2 Å². The maximum absolute atomic E-state index is 11.9. The number of hydrogen-bond acceptors (Lipinski definition) is 4. The molecule has 152 valence electrons. The molecule has 0 aromatic heterocycles. The van der Waals surface area contributed by atoms with Gasteiger partial charge in [-0.3, -0.25) is 9.79 Å². The number of guanidine groups is 1. The van der Waals surface area contributed by atoms with Gasteiger partial charge in [-0.15, -0.1) is 24.0 Å². The first kappa shape index (κ1) is 23.5. The molecular weight excluding hydrogens is 457 g/mol. The van der Waals surface area contributed by atoms with Crippen LogP contribution in [0.5, 0.6) is 5.75 Å². The van der Waals surface area contributed by atoms with E-state index in [1.807, 2.05) is 13.0 Å². The Balaban J connectivity index is 0.00000364. The first-order valence-electron chi connectivity index (χ1n) is 9.34. The number of carbonyl (C=O) groups excluding carboxylic acids is 1. The second-order valence-electron chi connectivity index (χ2n) is 6.55.